The molecule has 0 aliphatic carbocycles. The summed E-state index contributed by atoms with van der Waals surface area (Å²) in [6.45, 7) is 5.87. The number of nitrogens with zero attached hydrogens (tertiary/aromatic N) is 2. The number of nitrogens with one attached hydrogen (secondary N) is 1. The van der Waals surface area contributed by atoms with Crippen molar-refractivity contribution >= 4 is 15.7 Å². The number of rotatable bonds is 6. The number of carbonyl (C=O) groups is 1. The lowest BCUT2D eigenvalue weighted by Gasteiger charge is -2.17. The SMILES string of the molecule is Cc1cccc(C(=O)N[C@@H](CC(C)C)c2nnc(S(C)(=O)=O)o2)c1. The average Bonchev–Trinajstić information content (AvgIpc) is 2.95. The first-order chi connectivity index (χ1) is 11.2. The van der Waals surface area contributed by atoms with Gasteiger partial charge in [-0.1, -0.05) is 36.6 Å². The highest BCUT2D eigenvalue weighted by molar-refractivity contribution is 7.90. The molecule has 2 rings (SSSR count). The molecule has 0 spiro atoms. The molecule has 1 N–H and O–H groups in total. The number of amides is 1. The second kappa shape index (κ2) is 7.12. The van der Waals surface area contributed by atoms with Crippen molar-refractivity contribution in [2.75, 3.05) is 6.26 Å². The topological polar surface area (TPSA) is 102 Å². The molecule has 130 valence electrons. The first-order valence-corrected chi connectivity index (χ1v) is 9.47. The average molecular weight is 351 g/mol. The molecule has 0 fully saturated rings. The highest BCUT2D eigenvalue weighted by Crippen LogP contribution is 2.22. The van der Waals surface area contributed by atoms with Crippen LogP contribution in [0, 0.1) is 12.8 Å². The molecule has 1 amide bonds. The van der Waals surface area contributed by atoms with Gasteiger partial charge in [-0.25, -0.2) is 8.42 Å². The summed E-state index contributed by atoms with van der Waals surface area (Å²) in [5, 5.41) is 9.74. The lowest BCUT2D eigenvalue weighted by molar-refractivity contribution is 0.0923. The first-order valence-electron chi connectivity index (χ1n) is 7.58. The van der Waals surface area contributed by atoms with Gasteiger partial charge in [0, 0.05) is 11.8 Å². The summed E-state index contributed by atoms with van der Waals surface area (Å²) in [5.74, 6) is 0.0509. The third-order valence-electron chi connectivity index (χ3n) is 3.33. The van der Waals surface area contributed by atoms with Gasteiger partial charge in [-0.15, -0.1) is 5.10 Å². The van der Waals surface area contributed by atoms with Gasteiger partial charge in [0.05, 0.1) is 0 Å². The molecule has 0 radical (unpaired) electrons. The zero-order chi connectivity index (χ0) is 17.9. The largest absolute Gasteiger partial charge is 0.410 e. The predicted molar refractivity (Wildman–Crippen MR) is 88.2 cm³/mol. The zero-order valence-electron chi connectivity index (χ0n) is 14.1. The van der Waals surface area contributed by atoms with Crippen LogP contribution >= 0.6 is 0 Å². The molecule has 1 aromatic heterocycles. The number of hydrogen-bond acceptors (Lipinski definition) is 6. The minimum atomic E-state index is -3.58. The van der Waals surface area contributed by atoms with Crippen LogP contribution in [0.15, 0.2) is 33.9 Å². The molecule has 0 saturated carbocycles. The van der Waals surface area contributed by atoms with Crippen molar-refractivity contribution in [2.45, 2.75) is 38.5 Å². The van der Waals surface area contributed by atoms with Crippen LogP contribution in [0.4, 0.5) is 0 Å². The summed E-state index contributed by atoms with van der Waals surface area (Å²) in [7, 11) is -3.58. The van der Waals surface area contributed by atoms with Gasteiger partial charge < -0.3 is 9.73 Å². The Kier molecular flexibility index (Phi) is 5.38. The lowest BCUT2D eigenvalue weighted by Crippen LogP contribution is -2.29. The smallest absolute Gasteiger partial charge is 0.335 e. The molecule has 24 heavy (non-hydrogen) atoms. The lowest BCUT2D eigenvalue weighted by atomic mass is 10.0. The third kappa shape index (κ3) is 4.64. The van der Waals surface area contributed by atoms with Crippen LogP contribution < -0.4 is 5.32 Å². The molecule has 1 atom stereocenters. The molecule has 1 aromatic carbocycles. The Balaban J connectivity index is 2.25. The van der Waals surface area contributed by atoms with E-state index in [1.165, 1.54) is 0 Å². The third-order valence-corrected chi connectivity index (χ3v) is 4.13. The maximum Gasteiger partial charge on any atom is 0.335 e. The van der Waals surface area contributed by atoms with Gasteiger partial charge in [0.15, 0.2) is 0 Å². The summed E-state index contributed by atoms with van der Waals surface area (Å²) < 4.78 is 28.2. The standard InChI is InChI=1S/C16H21N3O4S/c1-10(2)8-13(15-18-19-16(23-15)24(4,21)22)17-14(20)12-7-5-6-11(3)9-12/h5-7,9-10,13H,8H2,1-4H3,(H,17,20)/t13-/m0/s1. The Labute approximate surface area is 141 Å². The van der Waals surface area contributed by atoms with Gasteiger partial charge in [-0.2, -0.15) is 0 Å². The Morgan fingerprint density at radius 2 is 2.00 bits per heavy atom. The molecule has 7 nitrogen and oxygen atoms in total. The van der Waals surface area contributed by atoms with E-state index in [9.17, 15) is 13.2 Å². The van der Waals surface area contributed by atoms with Gasteiger partial charge in [-0.3, -0.25) is 4.79 Å². The van der Waals surface area contributed by atoms with E-state index < -0.39 is 21.1 Å². The minimum absolute atomic E-state index is 0.0881. The van der Waals surface area contributed by atoms with Gasteiger partial charge in [0.2, 0.25) is 15.7 Å². The van der Waals surface area contributed by atoms with Crippen molar-refractivity contribution < 1.29 is 17.6 Å². The zero-order valence-corrected chi connectivity index (χ0v) is 14.9. The van der Waals surface area contributed by atoms with Crippen LogP contribution in [0.3, 0.4) is 0 Å². The summed E-state index contributed by atoms with van der Waals surface area (Å²) in [6, 6.07) is 6.64. The Morgan fingerprint density at radius 3 is 2.54 bits per heavy atom. The predicted octanol–water partition coefficient (Wildman–Crippen LogP) is 2.30. The Hall–Kier alpha value is -2.22. The maximum atomic E-state index is 12.4. The summed E-state index contributed by atoms with van der Waals surface area (Å²) >= 11 is 0. The molecule has 8 heteroatoms. The quantitative estimate of drug-likeness (QED) is 0.857. The number of sulfone groups is 1. The normalized spacial score (nSPS) is 13.0. The van der Waals surface area contributed by atoms with E-state index in [1.54, 1.807) is 18.2 Å². The number of hydrogen-bond donors (Lipinski definition) is 1. The van der Waals surface area contributed by atoms with Gasteiger partial charge in [0.25, 0.3) is 5.91 Å². The van der Waals surface area contributed by atoms with E-state index >= 15 is 0 Å². The molecule has 0 aliphatic heterocycles. The van der Waals surface area contributed by atoms with E-state index in [4.69, 9.17) is 4.42 Å². The molecule has 0 bridgehead atoms. The number of aryl methyl sites for hydroxylation is 1. The van der Waals surface area contributed by atoms with E-state index in [-0.39, 0.29) is 17.7 Å². The van der Waals surface area contributed by atoms with E-state index in [0.29, 0.717) is 12.0 Å². The van der Waals surface area contributed by atoms with Crippen LogP contribution in [0.5, 0.6) is 0 Å². The second-order valence-corrected chi connectivity index (χ2v) is 8.10. The first kappa shape index (κ1) is 18.1. The van der Waals surface area contributed by atoms with Gasteiger partial charge in [0.1, 0.15) is 6.04 Å². The van der Waals surface area contributed by atoms with E-state index in [2.05, 4.69) is 15.5 Å². The van der Waals surface area contributed by atoms with E-state index in [1.807, 2.05) is 26.8 Å². The molecule has 0 aliphatic rings. The van der Waals surface area contributed by atoms with Crippen molar-refractivity contribution in [3.05, 3.63) is 41.3 Å². The highest BCUT2D eigenvalue weighted by Gasteiger charge is 2.25. The van der Waals surface area contributed by atoms with Gasteiger partial charge >= 0.3 is 5.22 Å². The van der Waals surface area contributed by atoms with Crippen LogP contribution in [0.25, 0.3) is 0 Å². The van der Waals surface area contributed by atoms with E-state index in [0.717, 1.165) is 11.8 Å². The molecule has 1 heterocycles. The number of carbonyl (C=O) groups excluding carboxylic acids is 1. The molecule has 0 unspecified atom stereocenters. The van der Waals surface area contributed by atoms with Crippen LogP contribution in [0.1, 0.15) is 48.1 Å². The summed E-state index contributed by atoms with van der Waals surface area (Å²) in [4.78, 5) is 12.4. The maximum absolute atomic E-state index is 12.4. The molecular weight excluding hydrogens is 330 g/mol. The highest BCUT2D eigenvalue weighted by atomic mass is 32.2. The molecular formula is C16H21N3O4S. The van der Waals surface area contributed by atoms with Crippen molar-refractivity contribution in [3.63, 3.8) is 0 Å². The number of aromatic nitrogens is 2. The minimum Gasteiger partial charge on any atom is -0.410 e. The summed E-state index contributed by atoms with van der Waals surface area (Å²) in [5.41, 5.74) is 1.49. The second-order valence-electron chi connectivity index (χ2n) is 6.20. The van der Waals surface area contributed by atoms with Crippen LogP contribution in [-0.2, 0) is 9.84 Å². The van der Waals surface area contributed by atoms with Crippen molar-refractivity contribution in [1.82, 2.24) is 15.5 Å². The van der Waals surface area contributed by atoms with Crippen LogP contribution in [-0.4, -0.2) is 30.8 Å². The molecule has 0 saturated heterocycles. The fourth-order valence-corrected chi connectivity index (χ4v) is 2.66. The van der Waals surface area contributed by atoms with Crippen molar-refractivity contribution in [3.8, 4) is 0 Å². The molecule has 2 aromatic rings. The fourth-order valence-electron chi connectivity index (χ4n) is 2.23. The Morgan fingerprint density at radius 1 is 1.29 bits per heavy atom. The van der Waals surface area contributed by atoms with Crippen molar-refractivity contribution in [1.29, 1.82) is 0 Å². The van der Waals surface area contributed by atoms with Crippen molar-refractivity contribution in [2.24, 2.45) is 5.92 Å². The summed E-state index contributed by atoms with van der Waals surface area (Å²) in [6.07, 6.45) is 1.54. The van der Waals surface area contributed by atoms with Gasteiger partial charge in [-0.05, 0) is 31.4 Å². The monoisotopic (exact) mass is 351 g/mol. The number of benzene rings is 1. The Bertz CT molecular complexity index is 827. The van der Waals surface area contributed by atoms with Crippen LogP contribution in [0.2, 0.25) is 0 Å². The fraction of sp³-hybridized carbons (Fsp3) is 0.438.